The van der Waals surface area contributed by atoms with E-state index < -0.39 is 12.2 Å². The number of amides is 1. The topological polar surface area (TPSA) is 94.3 Å². The van der Waals surface area contributed by atoms with E-state index in [1.165, 1.54) is 11.1 Å². The van der Waals surface area contributed by atoms with Crippen LogP contribution in [0.3, 0.4) is 0 Å². The van der Waals surface area contributed by atoms with Crippen molar-refractivity contribution >= 4 is 16.9 Å². The normalized spacial score (nSPS) is 24.3. The van der Waals surface area contributed by atoms with Gasteiger partial charge in [-0.25, -0.2) is 4.79 Å². The molecule has 0 saturated carbocycles. The molecule has 0 unspecified atom stereocenters. The van der Waals surface area contributed by atoms with Crippen LogP contribution < -0.4 is 19.9 Å². The molecule has 2 heterocycles. The number of fused-ring (bicyclic) bond motifs is 1. The van der Waals surface area contributed by atoms with Crippen LogP contribution >= 0.6 is 0 Å². The SMILES string of the molecule is COc1ccc2c3c1O[C@H]1C[C@@H](O)C=C[C@@]31CCN(C)C2.NC(=O)Oc1cccc2ccccc12. The maximum absolute atomic E-state index is 10.6. The number of methoxy groups -OCH3 is 1. The fourth-order valence-corrected chi connectivity index (χ4v) is 5.47. The standard InChI is InChI=1S/C17H21NO3.C11H9NO2/c1-18-8-7-17-6-5-12(19)9-14(17)21-16-13(20-2)4-3-11(10-18)15(16)17;12-11(13)14-10-7-3-5-8-4-1-2-6-9(8)10/h3-6,12,14,19H,7-10H2,1-2H3;1-7H,(H2,12,13)/t12-,14-,17-;/m0./s1. The molecule has 182 valence electrons. The van der Waals surface area contributed by atoms with Gasteiger partial charge in [-0.3, -0.25) is 0 Å². The van der Waals surface area contributed by atoms with E-state index in [-0.39, 0.29) is 11.5 Å². The number of aliphatic hydroxyl groups excluding tert-OH is 1. The highest BCUT2D eigenvalue weighted by Crippen LogP contribution is 2.55. The number of benzene rings is 3. The minimum Gasteiger partial charge on any atom is -0.493 e. The van der Waals surface area contributed by atoms with Crippen LogP contribution in [0.5, 0.6) is 17.2 Å². The van der Waals surface area contributed by atoms with Gasteiger partial charge in [0.1, 0.15) is 11.9 Å². The van der Waals surface area contributed by atoms with Crippen molar-refractivity contribution in [3.8, 4) is 17.2 Å². The van der Waals surface area contributed by atoms with E-state index in [4.69, 9.17) is 19.9 Å². The molecule has 6 rings (SSSR count). The Balaban J connectivity index is 0.000000158. The first-order valence-corrected chi connectivity index (χ1v) is 11.8. The van der Waals surface area contributed by atoms with Crippen LogP contribution in [-0.4, -0.2) is 49.0 Å². The Hall–Kier alpha value is -3.55. The number of nitrogens with two attached hydrogens (primary N) is 1. The molecule has 3 aromatic carbocycles. The Morgan fingerprint density at radius 3 is 2.74 bits per heavy atom. The first-order valence-electron chi connectivity index (χ1n) is 11.8. The van der Waals surface area contributed by atoms with Gasteiger partial charge in [-0.2, -0.15) is 0 Å². The molecule has 3 aliphatic rings. The number of aliphatic hydroxyl groups is 1. The van der Waals surface area contributed by atoms with Crippen molar-refractivity contribution in [2.75, 3.05) is 20.7 Å². The zero-order valence-corrected chi connectivity index (χ0v) is 19.9. The molecule has 0 bridgehead atoms. The van der Waals surface area contributed by atoms with Crippen molar-refractivity contribution in [3.05, 3.63) is 77.9 Å². The van der Waals surface area contributed by atoms with Gasteiger partial charge in [-0.15, -0.1) is 0 Å². The van der Waals surface area contributed by atoms with E-state index in [2.05, 4.69) is 24.1 Å². The Morgan fingerprint density at radius 2 is 1.94 bits per heavy atom. The third kappa shape index (κ3) is 4.22. The molecular weight excluding hydrogens is 444 g/mol. The second-order valence-electron chi connectivity index (χ2n) is 9.33. The van der Waals surface area contributed by atoms with E-state index >= 15 is 0 Å². The first kappa shape index (κ1) is 23.2. The lowest BCUT2D eigenvalue weighted by molar-refractivity contribution is 0.0821. The second-order valence-corrected chi connectivity index (χ2v) is 9.33. The zero-order chi connectivity index (χ0) is 24.6. The van der Waals surface area contributed by atoms with Gasteiger partial charge in [0, 0.05) is 23.9 Å². The number of primary amides is 1. The van der Waals surface area contributed by atoms with Gasteiger partial charge in [-0.05, 0) is 43.1 Å². The van der Waals surface area contributed by atoms with E-state index in [0.717, 1.165) is 41.8 Å². The third-order valence-corrected chi connectivity index (χ3v) is 7.11. The van der Waals surface area contributed by atoms with Crippen LogP contribution in [-0.2, 0) is 12.0 Å². The maximum Gasteiger partial charge on any atom is 0.409 e. The summed E-state index contributed by atoms with van der Waals surface area (Å²) in [5, 5.41) is 11.9. The van der Waals surface area contributed by atoms with Gasteiger partial charge in [-0.1, -0.05) is 54.6 Å². The second kappa shape index (κ2) is 9.24. The Morgan fingerprint density at radius 1 is 1.14 bits per heavy atom. The van der Waals surface area contributed by atoms with Gasteiger partial charge in [0.15, 0.2) is 11.5 Å². The number of hydrogen-bond acceptors (Lipinski definition) is 6. The molecule has 1 amide bonds. The number of carbonyl (C=O) groups excluding carboxylic acids is 1. The molecule has 1 spiro atoms. The molecule has 3 N–H and O–H groups in total. The zero-order valence-electron chi connectivity index (χ0n) is 19.9. The van der Waals surface area contributed by atoms with Gasteiger partial charge in [0.25, 0.3) is 0 Å². The lowest BCUT2D eigenvalue weighted by atomic mass is 9.69. The highest BCUT2D eigenvalue weighted by Gasteiger charge is 2.52. The smallest absolute Gasteiger partial charge is 0.409 e. The lowest BCUT2D eigenvalue weighted by Crippen LogP contribution is -2.42. The lowest BCUT2D eigenvalue weighted by Gasteiger charge is -2.35. The van der Waals surface area contributed by atoms with Crippen molar-refractivity contribution in [2.24, 2.45) is 5.73 Å². The summed E-state index contributed by atoms with van der Waals surface area (Å²) in [6, 6.07) is 17.3. The Labute approximate surface area is 204 Å². The summed E-state index contributed by atoms with van der Waals surface area (Å²) in [6.45, 7) is 1.96. The summed E-state index contributed by atoms with van der Waals surface area (Å²) in [7, 11) is 3.84. The van der Waals surface area contributed by atoms with Crippen molar-refractivity contribution in [2.45, 2.75) is 37.0 Å². The number of ether oxygens (including phenoxy) is 3. The predicted molar refractivity (Wildman–Crippen MR) is 134 cm³/mol. The van der Waals surface area contributed by atoms with Gasteiger partial charge >= 0.3 is 6.09 Å². The van der Waals surface area contributed by atoms with Crippen molar-refractivity contribution in [1.29, 1.82) is 0 Å². The molecule has 0 radical (unpaired) electrons. The number of hydrogen-bond donors (Lipinski definition) is 2. The molecule has 2 aliphatic heterocycles. The highest BCUT2D eigenvalue weighted by atomic mass is 16.5. The molecule has 7 nitrogen and oxygen atoms in total. The van der Waals surface area contributed by atoms with E-state index in [0.29, 0.717) is 12.2 Å². The first-order chi connectivity index (χ1) is 16.9. The monoisotopic (exact) mass is 474 g/mol. The molecule has 3 aromatic rings. The summed E-state index contributed by atoms with van der Waals surface area (Å²) < 4.78 is 16.6. The van der Waals surface area contributed by atoms with Crippen LogP contribution in [0.25, 0.3) is 10.8 Å². The molecule has 35 heavy (non-hydrogen) atoms. The summed E-state index contributed by atoms with van der Waals surface area (Å²) in [4.78, 5) is 13.0. The van der Waals surface area contributed by atoms with Crippen LogP contribution in [0.15, 0.2) is 66.7 Å². The minimum atomic E-state index is -0.790. The van der Waals surface area contributed by atoms with Crippen molar-refractivity contribution in [1.82, 2.24) is 4.90 Å². The molecule has 1 aliphatic carbocycles. The minimum absolute atomic E-state index is 0.00838. The molecular formula is C28H30N2O5. The van der Waals surface area contributed by atoms with Gasteiger partial charge in [0.2, 0.25) is 0 Å². The molecule has 7 heteroatoms. The van der Waals surface area contributed by atoms with Gasteiger partial charge < -0.3 is 30.0 Å². The van der Waals surface area contributed by atoms with Crippen LogP contribution in [0.4, 0.5) is 4.79 Å². The van der Waals surface area contributed by atoms with Crippen LogP contribution in [0.2, 0.25) is 0 Å². The fourth-order valence-electron chi connectivity index (χ4n) is 5.47. The predicted octanol–water partition coefficient (Wildman–Crippen LogP) is 4.15. The number of carbonyl (C=O) groups is 1. The van der Waals surface area contributed by atoms with Crippen molar-refractivity contribution in [3.63, 3.8) is 0 Å². The average molecular weight is 475 g/mol. The van der Waals surface area contributed by atoms with E-state index in [1.54, 1.807) is 13.2 Å². The number of nitrogens with zero attached hydrogens (tertiary/aromatic N) is 1. The number of rotatable bonds is 2. The molecule has 3 atom stereocenters. The third-order valence-electron chi connectivity index (χ3n) is 7.11. The molecule has 0 fully saturated rings. The van der Waals surface area contributed by atoms with Gasteiger partial charge in [0.05, 0.1) is 18.6 Å². The highest BCUT2D eigenvalue weighted by molar-refractivity contribution is 5.90. The van der Waals surface area contributed by atoms with Crippen LogP contribution in [0, 0.1) is 0 Å². The summed E-state index contributed by atoms with van der Waals surface area (Å²) in [6.07, 6.45) is 4.59. The maximum atomic E-state index is 10.6. The quantitative estimate of drug-likeness (QED) is 0.542. The van der Waals surface area contributed by atoms with E-state index in [1.807, 2.05) is 48.5 Å². The largest absolute Gasteiger partial charge is 0.493 e. The average Bonchev–Trinajstić information content (AvgIpc) is 3.10. The van der Waals surface area contributed by atoms with Crippen LogP contribution in [0.1, 0.15) is 24.0 Å². The van der Waals surface area contributed by atoms with E-state index in [9.17, 15) is 9.90 Å². The molecule has 0 saturated heterocycles. The fraction of sp³-hybridized carbons (Fsp3) is 0.321. The molecule has 0 aromatic heterocycles. The Bertz CT molecular complexity index is 1280. The summed E-state index contributed by atoms with van der Waals surface area (Å²) in [5.74, 6) is 2.18. The summed E-state index contributed by atoms with van der Waals surface area (Å²) >= 11 is 0. The Kier molecular flexibility index (Phi) is 6.13. The van der Waals surface area contributed by atoms with Crippen molar-refractivity contribution < 1.29 is 24.1 Å². The summed E-state index contributed by atoms with van der Waals surface area (Å²) in [5.41, 5.74) is 7.44.